The zero-order valence-corrected chi connectivity index (χ0v) is 23.4. The molecule has 6 nitrogen and oxygen atoms in total. The van der Waals surface area contributed by atoms with Crippen LogP contribution in [-0.2, 0) is 11.2 Å². The maximum absolute atomic E-state index is 13.6. The zero-order chi connectivity index (χ0) is 28.5. The van der Waals surface area contributed by atoms with Crippen molar-refractivity contribution < 1.29 is 14.0 Å². The highest BCUT2D eigenvalue weighted by Gasteiger charge is 2.21. The van der Waals surface area contributed by atoms with Crippen molar-refractivity contribution in [1.82, 2.24) is 14.7 Å². The Morgan fingerprint density at radius 1 is 0.975 bits per heavy atom. The predicted molar refractivity (Wildman–Crippen MR) is 158 cm³/mol. The summed E-state index contributed by atoms with van der Waals surface area (Å²) < 4.78 is 15.2. The van der Waals surface area contributed by atoms with Gasteiger partial charge in [-0.05, 0) is 67.1 Å². The van der Waals surface area contributed by atoms with E-state index in [1.165, 1.54) is 17.7 Å². The molecule has 1 aromatic heterocycles. The Labute approximate surface area is 235 Å². The van der Waals surface area contributed by atoms with Crippen molar-refractivity contribution in [2.75, 3.05) is 18.4 Å². The second-order valence-electron chi connectivity index (χ2n) is 10.4. The number of halogens is 1. The normalized spacial score (nSPS) is 11.0. The Morgan fingerprint density at radius 3 is 2.33 bits per heavy atom. The summed E-state index contributed by atoms with van der Waals surface area (Å²) in [4.78, 5) is 28.4. The Kier molecular flexibility index (Phi) is 9.84. The molecule has 3 aromatic carbocycles. The van der Waals surface area contributed by atoms with E-state index in [0.717, 1.165) is 31.2 Å². The molecule has 0 fully saturated rings. The van der Waals surface area contributed by atoms with Gasteiger partial charge in [-0.25, -0.2) is 9.07 Å². The summed E-state index contributed by atoms with van der Waals surface area (Å²) in [5.74, 6) is -0.0491. The third-order valence-electron chi connectivity index (χ3n) is 6.74. The quantitative estimate of drug-likeness (QED) is 0.208. The van der Waals surface area contributed by atoms with E-state index < -0.39 is 0 Å². The number of aromatic nitrogens is 2. The molecule has 0 aliphatic rings. The summed E-state index contributed by atoms with van der Waals surface area (Å²) in [5, 5.41) is 7.63. The van der Waals surface area contributed by atoms with Gasteiger partial charge in [0.25, 0.3) is 5.91 Å². The van der Waals surface area contributed by atoms with Crippen molar-refractivity contribution in [3.63, 3.8) is 0 Å². The highest BCUT2D eigenvalue weighted by molar-refractivity contribution is 5.99. The van der Waals surface area contributed by atoms with E-state index in [2.05, 4.69) is 31.2 Å². The van der Waals surface area contributed by atoms with E-state index in [9.17, 15) is 14.0 Å². The Bertz CT molecular complexity index is 1400. The third kappa shape index (κ3) is 7.65. The van der Waals surface area contributed by atoms with Crippen LogP contribution in [0, 0.1) is 11.7 Å². The van der Waals surface area contributed by atoms with Crippen molar-refractivity contribution in [3.8, 4) is 16.9 Å². The lowest BCUT2D eigenvalue weighted by Crippen LogP contribution is -2.39. The molecule has 0 saturated heterocycles. The van der Waals surface area contributed by atoms with Crippen molar-refractivity contribution in [3.05, 3.63) is 102 Å². The standard InChI is InChI=1S/C33H37FN4O2/c1-4-5-9-25-12-14-27(15-13-25)33(40)37(21-20-24(2)3)23-32(39)35-31-22-30(26-10-7-6-8-11-26)36-38(31)29-18-16-28(34)17-19-29/h6-8,10-19,22,24H,4-5,9,20-21,23H2,1-3H3,(H,35,39). The molecule has 2 amide bonds. The van der Waals surface area contributed by atoms with E-state index in [0.29, 0.717) is 35.2 Å². The van der Waals surface area contributed by atoms with Gasteiger partial charge in [0, 0.05) is 23.7 Å². The van der Waals surface area contributed by atoms with Gasteiger partial charge in [-0.2, -0.15) is 5.10 Å². The molecule has 0 aliphatic heterocycles. The Balaban J connectivity index is 1.56. The van der Waals surface area contributed by atoms with Gasteiger partial charge in [-0.3, -0.25) is 9.59 Å². The summed E-state index contributed by atoms with van der Waals surface area (Å²) in [5.41, 5.74) is 3.92. The lowest BCUT2D eigenvalue weighted by molar-refractivity contribution is -0.117. The van der Waals surface area contributed by atoms with Gasteiger partial charge in [0.15, 0.2) is 0 Å². The van der Waals surface area contributed by atoms with Crippen molar-refractivity contribution in [1.29, 1.82) is 0 Å². The van der Waals surface area contributed by atoms with Crippen molar-refractivity contribution in [2.45, 2.75) is 46.5 Å². The molecular weight excluding hydrogens is 503 g/mol. The number of aryl methyl sites for hydroxylation is 1. The smallest absolute Gasteiger partial charge is 0.254 e. The highest BCUT2D eigenvalue weighted by atomic mass is 19.1. The molecule has 0 atom stereocenters. The summed E-state index contributed by atoms with van der Waals surface area (Å²) in [7, 11) is 0. The number of unbranched alkanes of at least 4 members (excludes halogenated alkanes) is 1. The molecule has 4 rings (SSSR count). The average molecular weight is 541 g/mol. The lowest BCUT2D eigenvalue weighted by atomic mass is 10.1. The van der Waals surface area contributed by atoms with Crippen LogP contribution in [0.1, 0.15) is 56.0 Å². The minimum atomic E-state index is -0.359. The molecule has 0 bridgehead atoms. The van der Waals surface area contributed by atoms with Gasteiger partial charge in [0.1, 0.15) is 18.2 Å². The minimum absolute atomic E-state index is 0.0988. The van der Waals surface area contributed by atoms with Crippen LogP contribution < -0.4 is 5.32 Å². The van der Waals surface area contributed by atoms with Gasteiger partial charge in [0.05, 0.1) is 11.4 Å². The molecule has 40 heavy (non-hydrogen) atoms. The van der Waals surface area contributed by atoms with Crippen molar-refractivity contribution in [2.24, 2.45) is 5.92 Å². The van der Waals surface area contributed by atoms with E-state index in [4.69, 9.17) is 0 Å². The lowest BCUT2D eigenvalue weighted by Gasteiger charge is -2.23. The molecular formula is C33H37FN4O2. The van der Waals surface area contributed by atoms with E-state index >= 15 is 0 Å². The number of carbonyl (C=O) groups excluding carboxylic acids is 2. The number of anilines is 1. The van der Waals surface area contributed by atoms with E-state index in [-0.39, 0.29) is 24.2 Å². The second-order valence-corrected chi connectivity index (χ2v) is 10.4. The maximum atomic E-state index is 13.6. The van der Waals surface area contributed by atoms with Crippen LogP contribution in [0.2, 0.25) is 0 Å². The molecule has 0 aliphatic carbocycles. The number of rotatable bonds is 12. The number of hydrogen-bond donors (Lipinski definition) is 1. The first-order chi connectivity index (χ1) is 19.3. The predicted octanol–water partition coefficient (Wildman–Crippen LogP) is 7.15. The fourth-order valence-corrected chi connectivity index (χ4v) is 4.40. The van der Waals surface area contributed by atoms with Gasteiger partial charge in [-0.15, -0.1) is 0 Å². The van der Waals surface area contributed by atoms with Crippen LogP contribution in [0.5, 0.6) is 0 Å². The summed E-state index contributed by atoms with van der Waals surface area (Å²) >= 11 is 0. The first kappa shape index (κ1) is 28.7. The number of hydrogen-bond acceptors (Lipinski definition) is 3. The van der Waals surface area contributed by atoms with Crippen LogP contribution in [-0.4, -0.2) is 39.6 Å². The molecule has 0 unspecified atom stereocenters. The SMILES string of the molecule is CCCCc1ccc(C(=O)N(CCC(C)C)CC(=O)Nc2cc(-c3ccccc3)nn2-c2ccc(F)cc2)cc1. The largest absolute Gasteiger partial charge is 0.329 e. The molecule has 1 heterocycles. The molecule has 7 heteroatoms. The van der Waals surface area contributed by atoms with Gasteiger partial charge < -0.3 is 10.2 Å². The van der Waals surface area contributed by atoms with E-state index in [1.54, 1.807) is 27.8 Å². The first-order valence-electron chi connectivity index (χ1n) is 13.9. The van der Waals surface area contributed by atoms with Gasteiger partial charge >= 0.3 is 0 Å². The summed E-state index contributed by atoms with van der Waals surface area (Å²) in [6.45, 7) is 6.71. The summed E-state index contributed by atoms with van der Waals surface area (Å²) in [6, 6.07) is 25.0. The number of amides is 2. The number of nitrogens with zero attached hydrogens (tertiary/aromatic N) is 3. The van der Waals surface area contributed by atoms with Crippen LogP contribution in [0.3, 0.4) is 0 Å². The average Bonchev–Trinajstić information content (AvgIpc) is 3.38. The van der Waals surface area contributed by atoms with Crippen LogP contribution in [0.25, 0.3) is 16.9 Å². The monoisotopic (exact) mass is 540 g/mol. The number of carbonyl (C=O) groups is 2. The zero-order valence-electron chi connectivity index (χ0n) is 23.4. The molecule has 4 aromatic rings. The maximum Gasteiger partial charge on any atom is 0.254 e. The number of nitrogens with one attached hydrogen (secondary N) is 1. The Morgan fingerprint density at radius 2 is 1.68 bits per heavy atom. The molecule has 0 spiro atoms. The first-order valence-corrected chi connectivity index (χ1v) is 13.9. The summed E-state index contributed by atoms with van der Waals surface area (Å²) in [6.07, 6.45) is 3.98. The van der Waals surface area contributed by atoms with Gasteiger partial charge in [-0.1, -0.05) is 69.7 Å². The minimum Gasteiger partial charge on any atom is -0.329 e. The fourth-order valence-electron chi connectivity index (χ4n) is 4.40. The topological polar surface area (TPSA) is 67.2 Å². The van der Waals surface area contributed by atoms with Gasteiger partial charge in [0.2, 0.25) is 5.91 Å². The Hall–Kier alpha value is -4.26. The van der Waals surface area contributed by atoms with E-state index in [1.807, 2.05) is 54.6 Å². The third-order valence-corrected chi connectivity index (χ3v) is 6.74. The van der Waals surface area contributed by atoms with Crippen LogP contribution in [0.15, 0.2) is 84.9 Å². The molecule has 0 radical (unpaired) electrons. The molecule has 0 saturated carbocycles. The van der Waals surface area contributed by atoms with Crippen molar-refractivity contribution >= 4 is 17.6 Å². The fraction of sp³-hybridized carbons (Fsp3) is 0.303. The second kappa shape index (κ2) is 13.7. The van der Waals surface area contributed by atoms with Crippen LogP contribution in [0.4, 0.5) is 10.2 Å². The van der Waals surface area contributed by atoms with Crippen LogP contribution >= 0.6 is 0 Å². The molecule has 1 N–H and O–H groups in total. The number of benzene rings is 3. The highest BCUT2D eigenvalue weighted by Crippen LogP contribution is 2.25. The molecule has 208 valence electrons.